The van der Waals surface area contributed by atoms with Gasteiger partial charge in [0.05, 0.1) is 12.8 Å². The van der Waals surface area contributed by atoms with Crippen molar-refractivity contribution in [2.45, 2.75) is 33.5 Å². The molecule has 0 saturated heterocycles. The molecule has 1 N–H and O–H groups in total. The number of imidazole rings is 1. The highest BCUT2D eigenvalue weighted by atomic mass is 16.5. The maximum Gasteiger partial charge on any atom is 0.130 e. The highest BCUT2D eigenvalue weighted by molar-refractivity contribution is 5.40. The number of nitrogens with one attached hydrogen (secondary N) is 1. The normalized spacial score (nSPS) is 12.0. The zero-order chi connectivity index (χ0) is 19.8. The Morgan fingerprint density at radius 3 is 2.75 bits per heavy atom. The van der Waals surface area contributed by atoms with Gasteiger partial charge in [-0.25, -0.2) is 4.98 Å². The van der Waals surface area contributed by atoms with E-state index in [0.717, 1.165) is 41.7 Å². The van der Waals surface area contributed by atoms with Crippen molar-refractivity contribution in [1.82, 2.24) is 19.9 Å². The van der Waals surface area contributed by atoms with Gasteiger partial charge in [-0.1, -0.05) is 13.0 Å². The molecule has 0 bridgehead atoms. The maximum atomic E-state index is 6.01. The fourth-order valence-electron chi connectivity index (χ4n) is 3.05. The van der Waals surface area contributed by atoms with Crippen LogP contribution in [0, 0.1) is 12.8 Å². The molecule has 0 saturated carbocycles. The molecule has 6 heteroatoms. The minimum Gasteiger partial charge on any atom is -0.497 e. The Labute approximate surface area is 166 Å². The van der Waals surface area contributed by atoms with Crippen LogP contribution in [-0.2, 0) is 19.7 Å². The van der Waals surface area contributed by atoms with E-state index in [9.17, 15) is 0 Å². The molecule has 3 aromatic rings. The SMILES string of the molecule is COc1ccc(OCc2ccccn2)c(CNCC(C)Cn2ccnc2C)c1. The molecular formula is C22H28N4O2. The van der Waals surface area contributed by atoms with E-state index in [2.05, 4.69) is 26.8 Å². The summed E-state index contributed by atoms with van der Waals surface area (Å²) in [5.41, 5.74) is 1.97. The second-order valence-corrected chi connectivity index (χ2v) is 6.95. The quantitative estimate of drug-likeness (QED) is 0.582. The van der Waals surface area contributed by atoms with Crippen LogP contribution in [0.4, 0.5) is 0 Å². The second-order valence-electron chi connectivity index (χ2n) is 6.95. The summed E-state index contributed by atoms with van der Waals surface area (Å²) in [5.74, 6) is 3.20. The first kappa shape index (κ1) is 19.9. The Morgan fingerprint density at radius 2 is 2.04 bits per heavy atom. The van der Waals surface area contributed by atoms with E-state index in [0.29, 0.717) is 19.1 Å². The second kappa shape index (κ2) is 9.90. The molecule has 3 rings (SSSR count). The largest absolute Gasteiger partial charge is 0.497 e. The van der Waals surface area contributed by atoms with E-state index >= 15 is 0 Å². The van der Waals surface area contributed by atoms with Gasteiger partial charge in [-0.2, -0.15) is 0 Å². The molecule has 0 aliphatic carbocycles. The lowest BCUT2D eigenvalue weighted by atomic mass is 10.1. The Hall–Kier alpha value is -2.86. The van der Waals surface area contributed by atoms with Gasteiger partial charge in [-0.3, -0.25) is 4.98 Å². The molecule has 0 fully saturated rings. The van der Waals surface area contributed by atoms with Crippen LogP contribution in [0.2, 0.25) is 0 Å². The molecule has 0 aliphatic rings. The summed E-state index contributed by atoms with van der Waals surface area (Å²) < 4.78 is 13.6. The van der Waals surface area contributed by atoms with Crippen molar-refractivity contribution in [1.29, 1.82) is 0 Å². The van der Waals surface area contributed by atoms with E-state index in [1.54, 1.807) is 13.3 Å². The van der Waals surface area contributed by atoms with E-state index < -0.39 is 0 Å². The highest BCUT2D eigenvalue weighted by Crippen LogP contribution is 2.25. The Morgan fingerprint density at radius 1 is 1.14 bits per heavy atom. The number of nitrogens with zero attached hydrogens (tertiary/aromatic N) is 3. The van der Waals surface area contributed by atoms with E-state index in [1.807, 2.05) is 55.7 Å². The van der Waals surface area contributed by atoms with Crippen molar-refractivity contribution in [3.63, 3.8) is 0 Å². The molecule has 148 valence electrons. The summed E-state index contributed by atoms with van der Waals surface area (Å²) in [6.07, 6.45) is 5.65. The van der Waals surface area contributed by atoms with Gasteiger partial charge in [0, 0.05) is 37.2 Å². The van der Waals surface area contributed by atoms with Gasteiger partial charge in [-0.15, -0.1) is 0 Å². The van der Waals surface area contributed by atoms with Crippen LogP contribution in [0.5, 0.6) is 11.5 Å². The standard InChI is InChI=1S/C22H28N4O2/c1-17(15-26-11-10-24-18(26)2)13-23-14-19-12-21(27-3)7-8-22(19)28-16-20-6-4-5-9-25-20/h4-12,17,23H,13-16H2,1-3H3. The molecule has 1 aromatic carbocycles. The van der Waals surface area contributed by atoms with Crippen molar-refractivity contribution >= 4 is 0 Å². The molecule has 28 heavy (non-hydrogen) atoms. The topological polar surface area (TPSA) is 61.2 Å². The van der Waals surface area contributed by atoms with E-state index in [4.69, 9.17) is 9.47 Å². The fraction of sp³-hybridized carbons (Fsp3) is 0.364. The highest BCUT2D eigenvalue weighted by Gasteiger charge is 2.09. The molecule has 0 aliphatic heterocycles. The van der Waals surface area contributed by atoms with Crippen LogP contribution >= 0.6 is 0 Å². The van der Waals surface area contributed by atoms with Gasteiger partial charge in [0.25, 0.3) is 0 Å². The number of rotatable bonds is 10. The van der Waals surface area contributed by atoms with Crippen LogP contribution < -0.4 is 14.8 Å². The zero-order valence-corrected chi connectivity index (χ0v) is 16.8. The molecule has 2 aromatic heterocycles. The smallest absolute Gasteiger partial charge is 0.130 e. The minimum absolute atomic E-state index is 0.441. The molecular weight excluding hydrogens is 352 g/mol. The number of pyridine rings is 1. The van der Waals surface area contributed by atoms with Gasteiger partial charge in [-0.05, 0) is 49.7 Å². The molecule has 1 unspecified atom stereocenters. The van der Waals surface area contributed by atoms with Crippen LogP contribution in [0.15, 0.2) is 55.0 Å². The summed E-state index contributed by atoms with van der Waals surface area (Å²) in [6, 6.07) is 11.7. The first-order chi connectivity index (χ1) is 13.7. The average molecular weight is 380 g/mol. The summed E-state index contributed by atoms with van der Waals surface area (Å²) >= 11 is 0. The lowest BCUT2D eigenvalue weighted by Crippen LogP contribution is -2.24. The molecule has 0 amide bonds. The fourth-order valence-corrected chi connectivity index (χ4v) is 3.05. The van der Waals surface area contributed by atoms with Gasteiger partial charge in [0.15, 0.2) is 0 Å². The lowest BCUT2D eigenvalue weighted by molar-refractivity contribution is 0.296. The summed E-state index contributed by atoms with van der Waals surface area (Å²) in [6.45, 7) is 7.26. The third-order valence-electron chi connectivity index (χ3n) is 4.61. The molecule has 6 nitrogen and oxygen atoms in total. The van der Waals surface area contributed by atoms with Crippen molar-refractivity contribution in [2.24, 2.45) is 5.92 Å². The van der Waals surface area contributed by atoms with Crippen LogP contribution in [0.3, 0.4) is 0 Å². The lowest BCUT2D eigenvalue weighted by Gasteiger charge is -2.16. The number of ether oxygens (including phenoxy) is 2. The van der Waals surface area contributed by atoms with E-state index in [1.165, 1.54) is 0 Å². The third-order valence-corrected chi connectivity index (χ3v) is 4.61. The minimum atomic E-state index is 0.441. The molecule has 0 radical (unpaired) electrons. The van der Waals surface area contributed by atoms with Crippen LogP contribution in [0.25, 0.3) is 0 Å². The van der Waals surface area contributed by atoms with Crippen molar-refractivity contribution in [3.05, 3.63) is 72.1 Å². The van der Waals surface area contributed by atoms with Gasteiger partial charge >= 0.3 is 0 Å². The number of hydrogen-bond donors (Lipinski definition) is 1. The maximum absolute atomic E-state index is 6.01. The Bertz CT molecular complexity index is 864. The van der Waals surface area contributed by atoms with Crippen LogP contribution in [-0.4, -0.2) is 28.2 Å². The Kier molecular flexibility index (Phi) is 7.03. The molecule has 2 heterocycles. The number of aromatic nitrogens is 3. The van der Waals surface area contributed by atoms with Gasteiger partial charge < -0.3 is 19.4 Å². The average Bonchev–Trinajstić information content (AvgIpc) is 3.12. The first-order valence-electron chi connectivity index (χ1n) is 9.53. The van der Waals surface area contributed by atoms with E-state index in [-0.39, 0.29) is 0 Å². The number of hydrogen-bond acceptors (Lipinski definition) is 5. The van der Waals surface area contributed by atoms with Crippen LogP contribution in [0.1, 0.15) is 24.0 Å². The van der Waals surface area contributed by atoms with Crippen molar-refractivity contribution in [3.8, 4) is 11.5 Å². The summed E-state index contributed by atoms with van der Waals surface area (Å²) in [5, 5.41) is 3.54. The van der Waals surface area contributed by atoms with Crippen molar-refractivity contribution < 1.29 is 9.47 Å². The van der Waals surface area contributed by atoms with Gasteiger partial charge in [0.2, 0.25) is 0 Å². The predicted octanol–water partition coefficient (Wildman–Crippen LogP) is 3.60. The monoisotopic (exact) mass is 380 g/mol. The molecule has 0 spiro atoms. The number of aryl methyl sites for hydroxylation is 1. The predicted molar refractivity (Wildman–Crippen MR) is 109 cm³/mol. The molecule has 1 atom stereocenters. The Balaban J connectivity index is 1.57. The number of benzene rings is 1. The summed E-state index contributed by atoms with van der Waals surface area (Å²) in [7, 11) is 1.68. The van der Waals surface area contributed by atoms with Crippen molar-refractivity contribution in [2.75, 3.05) is 13.7 Å². The zero-order valence-electron chi connectivity index (χ0n) is 16.8. The van der Waals surface area contributed by atoms with Gasteiger partial charge in [0.1, 0.15) is 23.9 Å². The third kappa shape index (κ3) is 5.57. The number of methoxy groups -OCH3 is 1. The summed E-state index contributed by atoms with van der Waals surface area (Å²) in [4.78, 5) is 8.59. The first-order valence-corrected chi connectivity index (χ1v) is 9.53.